The number of nitrogens with zero attached hydrogens (tertiary/aromatic N) is 1. The summed E-state index contributed by atoms with van der Waals surface area (Å²) in [7, 11) is 3.70. The lowest BCUT2D eigenvalue weighted by molar-refractivity contribution is -0.120. The highest BCUT2D eigenvalue weighted by Crippen LogP contribution is 2.21. The molecule has 2 amide bonds. The van der Waals surface area contributed by atoms with Crippen LogP contribution >= 0.6 is 0 Å². The van der Waals surface area contributed by atoms with Gasteiger partial charge in [0, 0.05) is 31.5 Å². The molecule has 4 N–H and O–H groups in total. The maximum absolute atomic E-state index is 12.2. The quantitative estimate of drug-likeness (QED) is 0.677. The number of nitrogen functional groups attached to an aromatic ring is 1. The van der Waals surface area contributed by atoms with Crippen molar-refractivity contribution < 1.29 is 9.59 Å². The average molecular weight is 276 g/mol. The molecule has 20 heavy (non-hydrogen) atoms. The van der Waals surface area contributed by atoms with E-state index in [-0.39, 0.29) is 18.4 Å². The van der Waals surface area contributed by atoms with Crippen LogP contribution in [0.1, 0.15) is 23.2 Å². The van der Waals surface area contributed by atoms with Crippen molar-refractivity contribution in [1.82, 2.24) is 10.6 Å². The van der Waals surface area contributed by atoms with Crippen molar-refractivity contribution in [3.05, 3.63) is 23.8 Å². The summed E-state index contributed by atoms with van der Waals surface area (Å²) in [5.74, 6) is -0.455. The molecule has 1 aliphatic carbocycles. The molecule has 0 unspecified atom stereocenters. The monoisotopic (exact) mass is 276 g/mol. The van der Waals surface area contributed by atoms with Gasteiger partial charge < -0.3 is 21.3 Å². The molecular weight excluding hydrogens is 256 g/mol. The number of hydrogen-bond donors (Lipinski definition) is 3. The Morgan fingerprint density at radius 1 is 1.35 bits per heavy atom. The molecule has 0 heterocycles. The van der Waals surface area contributed by atoms with Crippen molar-refractivity contribution in [2.75, 3.05) is 31.3 Å². The predicted octanol–water partition coefficient (Wildman–Crippen LogP) is 0.343. The second-order valence-electron chi connectivity index (χ2n) is 5.20. The number of nitrogens with two attached hydrogens (primary N) is 1. The van der Waals surface area contributed by atoms with Gasteiger partial charge in [-0.2, -0.15) is 0 Å². The van der Waals surface area contributed by atoms with Crippen LogP contribution in [0.15, 0.2) is 18.2 Å². The molecule has 0 spiro atoms. The van der Waals surface area contributed by atoms with Crippen molar-refractivity contribution >= 4 is 23.2 Å². The van der Waals surface area contributed by atoms with E-state index in [1.54, 1.807) is 18.2 Å². The van der Waals surface area contributed by atoms with Gasteiger partial charge in [0.05, 0.1) is 12.1 Å². The molecule has 0 atom stereocenters. The van der Waals surface area contributed by atoms with Gasteiger partial charge in [0.25, 0.3) is 5.91 Å². The van der Waals surface area contributed by atoms with Crippen LogP contribution in [0.5, 0.6) is 0 Å². The highest BCUT2D eigenvalue weighted by molar-refractivity contribution is 6.02. The smallest absolute Gasteiger partial charge is 0.253 e. The predicted molar refractivity (Wildman–Crippen MR) is 78.7 cm³/mol. The van der Waals surface area contributed by atoms with Crippen LogP contribution in [0, 0.1) is 0 Å². The Labute approximate surface area is 118 Å². The molecule has 0 aromatic heterocycles. The van der Waals surface area contributed by atoms with Crippen LogP contribution in [0.4, 0.5) is 11.4 Å². The van der Waals surface area contributed by atoms with Gasteiger partial charge >= 0.3 is 0 Å². The van der Waals surface area contributed by atoms with Gasteiger partial charge in [-0.25, -0.2) is 0 Å². The van der Waals surface area contributed by atoms with Gasteiger partial charge in [0.2, 0.25) is 5.91 Å². The van der Waals surface area contributed by atoms with Crippen molar-refractivity contribution in [1.29, 1.82) is 0 Å². The minimum atomic E-state index is -0.299. The lowest BCUT2D eigenvalue weighted by atomic mass is 10.1. The number of nitrogens with one attached hydrogen (secondary N) is 2. The van der Waals surface area contributed by atoms with Crippen LogP contribution in [0.25, 0.3) is 0 Å². The summed E-state index contributed by atoms with van der Waals surface area (Å²) in [4.78, 5) is 25.5. The van der Waals surface area contributed by atoms with E-state index in [0.29, 0.717) is 17.3 Å². The fraction of sp³-hybridized carbons (Fsp3) is 0.429. The van der Waals surface area contributed by atoms with Gasteiger partial charge in [-0.1, -0.05) is 0 Å². The van der Waals surface area contributed by atoms with E-state index in [9.17, 15) is 9.59 Å². The van der Waals surface area contributed by atoms with Crippen LogP contribution in [-0.4, -0.2) is 38.5 Å². The zero-order chi connectivity index (χ0) is 14.7. The van der Waals surface area contributed by atoms with E-state index >= 15 is 0 Å². The first-order valence-electron chi connectivity index (χ1n) is 6.62. The van der Waals surface area contributed by atoms with Crippen LogP contribution in [0.2, 0.25) is 0 Å². The molecule has 0 bridgehead atoms. The summed E-state index contributed by atoms with van der Waals surface area (Å²) in [6.45, 7) is -0.0169. The third-order valence-electron chi connectivity index (χ3n) is 3.10. The first-order chi connectivity index (χ1) is 9.47. The van der Waals surface area contributed by atoms with Crippen molar-refractivity contribution in [2.45, 2.75) is 18.9 Å². The van der Waals surface area contributed by atoms with Crippen LogP contribution in [-0.2, 0) is 4.79 Å². The van der Waals surface area contributed by atoms with E-state index in [0.717, 1.165) is 18.5 Å². The Morgan fingerprint density at radius 2 is 2.05 bits per heavy atom. The fourth-order valence-electron chi connectivity index (χ4n) is 1.89. The number of rotatable bonds is 5. The Balaban J connectivity index is 2.00. The third kappa shape index (κ3) is 3.63. The van der Waals surface area contributed by atoms with Gasteiger partial charge in [0.15, 0.2) is 0 Å². The Bertz CT molecular complexity index is 524. The molecule has 1 aliphatic rings. The Morgan fingerprint density at radius 3 is 2.65 bits per heavy atom. The lowest BCUT2D eigenvalue weighted by Crippen LogP contribution is -2.38. The average Bonchev–Trinajstić information content (AvgIpc) is 3.19. The summed E-state index contributed by atoms with van der Waals surface area (Å²) in [5.41, 5.74) is 7.46. The number of hydrogen-bond acceptors (Lipinski definition) is 4. The number of benzene rings is 1. The number of carbonyl (C=O) groups is 2. The molecule has 1 aromatic rings. The van der Waals surface area contributed by atoms with Gasteiger partial charge in [0.1, 0.15) is 0 Å². The minimum absolute atomic E-state index is 0.0169. The normalized spacial score (nSPS) is 13.7. The number of anilines is 2. The van der Waals surface area contributed by atoms with E-state index in [1.807, 2.05) is 19.0 Å². The van der Waals surface area contributed by atoms with Gasteiger partial charge in [-0.15, -0.1) is 0 Å². The maximum atomic E-state index is 12.2. The second-order valence-corrected chi connectivity index (χ2v) is 5.20. The molecule has 6 nitrogen and oxygen atoms in total. The van der Waals surface area contributed by atoms with E-state index in [4.69, 9.17) is 5.73 Å². The molecular formula is C14H20N4O2. The standard InChI is InChI=1S/C14H20N4O2/c1-18(2)12-6-3-9(15)7-11(12)14(20)16-8-13(19)17-10-4-5-10/h3,6-7,10H,4-5,8,15H2,1-2H3,(H,16,20)(H,17,19). The first-order valence-corrected chi connectivity index (χ1v) is 6.62. The molecule has 1 aromatic carbocycles. The Hall–Kier alpha value is -2.24. The maximum Gasteiger partial charge on any atom is 0.253 e. The number of carbonyl (C=O) groups excluding carboxylic acids is 2. The largest absolute Gasteiger partial charge is 0.399 e. The topological polar surface area (TPSA) is 87.5 Å². The first kappa shape index (κ1) is 14.2. The molecule has 1 saturated carbocycles. The van der Waals surface area contributed by atoms with Crippen LogP contribution < -0.4 is 21.3 Å². The molecule has 0 radical (unpaired) electrons. The molecule has 0 saturated heterocycles. The lowest BCUT2D eigenvalue weighted by Gasteiger charge is -2.17. The summed E-state index contributed by atoms with van der Waals surface area (Å²) in [5, 5.41) is 5.44. The Kier molecular flexibility index (Phi) is 4.12. The zero-order valence-corrected chi connectivity index (χ0v) is 11.8. The SMILES string of the molecule is CN(C)c1ccc(N)cc1C(=O)NCC(=O)NC1CC1. The highest BCUT2D eigenvalue weighted by Gasteiger charge is 2.23. The minimum Gasteiger partial charge on any atom is -0.399 e. The fourth-order valence-corrected chi connectivity index (χ4v) is 1.89. The van der Waals surface area contributed by atoms with E-state index in [1.165, 1.54) is 0 Å². The zero-order valence-electron chi connectivity index (χ0n) is 11.8. The molecule has 108 valence electrons. The summed E-state index contributed by atoms with van der Waals surface area (Å²) < 4.78 is 0. The summed E-state index contributed by atoms with van der Waals surface area (Å²) >= 11 is 0. The van der Waals surface area contributed by atoms with Crippen LogP contribution in [0.3, 0.4) is 0 Å². The van der Waals surface area contributed by atoms with Gasteiger partial charge in [-0.05, 0) is 31.0 Å². The third-order valence-corrected chi connectivity index (χ3v) is 3.10. The second kappa shape index (κ2) is 5.81. The van der Waals surface area contributed by atoms with Crippen molar-refractivity contribution in [2.24, 2.45) is 0 Å². The van der Waals surface area contributed by atoms with Gasteiger partial charge in [-0.3, -0.25) is 9.59 Å². The molecule has 6 heteroatoms. The van der Waals surface area contributed by atoms with E-state index in [2.05, 4.69) is 10.6 Å². The van der Waals surface area contributed by atoms with E-state index < -0.39 is 0 Å². The highest BCUT2D eigenvalue weighted by atomic mass is 16.2. The summed E-state index contributed by atoms with van der Waals surface area (Å²) in [6, 6.07) is 5.44. The molecule has 2 rings (SSSR count). The number of amides is 2. The van der Waals surface area contributed by atoms with Crippen molar-refractivity contribution in [3.63, 3.8) is 0 Å². The molecule has 1 fully saturated rings. The summed E-state index contributed by atoms with van der Waals surface area (Å²) in [6.07, 6.45) is 2.05. The van der Waals surface area contributed by atoms with Crippen molar-refractivity contribution in [3.8, 4) is 0 Å². The molecule has 0 aliphatic heterocycles.